The van der Waals surface area contributed by atoms with E-state index in [4.69, 9.17) is 28.3 Å². The molecule has 2 aromatic rings. The Morgan fingerprint density at radius 3 is 2.41 bits per heavy atom. The first-order chi connectivity index (χ1) is 8.15. The normalized spacial score (nSPS) is 10.8. The molecule has 1 aromatic heterocycles. The number of nitrogens with zero attached hydrogens (tertiary/aromatic N) is 3. The van der Waals surface area contributed by atoms with Gasteiger partial charge in [-0.25, -0.2) is 4.68 Å². The number of hydrogen-bond donors (Lipinski definition) is 1. The quantitative estimate of drug-likeness (QED) is 0.934. The summed E-state index contributed by atoms with van der Waals surface area (Å²) in [5, 5.41) is 18.1. The van der Waals surface area contributed by atoms with Crippen molar-refractivity contribution in [3.63, 3.8) is 0 Å². The maximum Gasteiger partial charge on any atom is 0.112 e. The molecule has 1 heterocycles. The van der Waals surface area contributed by atoms with Crippen LogP contribution in [0.25, 0.3) is 5.69 Å². The summed E-state index contributed by atoms with van der Waals surface area (Å²) in [6, 6.07) is 5.16. The highest BCUT2D eigenvalue weighted by Crippen LogP contribution is 2.23. The van der Waals surface area contributed by atoms with E-state index in [1.807, 2.05) is 6.92 Å². The second-order valence-electron chi connectivity index (χ2n) is 3.53. The Morgan fingerprint density at radius 1 is 1.24 bits per heavy atom. The van der Waals surface area contributed by atoms with Gasteiger partial charge in [0, 0.05) is 10.0 Å². The molecule has 0 atom stereocenters. The van der Waals surface area contributed by atoms with Crippen LogP contribution in [-0.4, -0.2) is 20.1 Å². The molecule has 0 spiro atoms. The van der Waals surface area contributed by atoms with Crippen molar-refractivity contribution in [3.8, 4) is 5.69 Å². The fourth-order valence-electron chi connectivity index (χ4n) is 1.68. The summed E-state index contributed by atoms with van der Waals surface area (Å²) in [6.45, 7) is 1.85. The summed E-state index contributed by atoms with van der Waals surface area (Å²) in [5.74, 6) is 0. The number of aromatic nitrogens is 3. The van der Waals surface area contributed by atoms with E-state index < -0.39 is 0 Å². The maximum absolute atomic E-state index is 9.15. The molecule has 0 unspecified atom stereocenters. The molecule has 17 heavy (non-hydrogen) atoms. The lowest BCUT2D eigenvalue weighted by Gasteiger charge is -2.06. The molecule has 0 amide bonds. The van der Waals surface area contributed by atoms with E-state index in [9.17, 15) is 0 Å². The van der Waals surface area contributed by atoms with Crippen LogP contribution in [0.1, 0.15) is 18.3 Å². The van der Waals surface area contributed by atoms with Gasteiger partial charge in [0.1, 0.15) is 5.69 Å². The number of benzene rings is 1. The van der Waals surface area contributed by atoms with Gasteiger partial charge in [-0.15, -0.1) is 5.10 Å². The molecule has 1 aromatic carbocycles. The largest absolute Gasteiger partial charge is 0.390 e. The van der Waals surface area contributed by atoms with Crippen LogP contribution in [0.2, 0.25) is 10.0 Å². The lowest BCUT2D eigenvalue weighted by atomic mass is 10.2. The highest BCUT2D eigenvalue weighted by molar-refractivity contribution is 6.34. The molecule has 6 heteroatoms. The summed E-state index contributed by atoms with van der Waals surface area (Å²) >= 11 is 11.9. The van der Waals surface area contributed by atoms with Gasteiger partial charge in [-0.1, -0.05) is 35.3 Å². The van der Waals surface area contributed by atoms with Crippen LogP contribution < -0.4 is 0 Å². The molecule has 90 valence electrons. The summed E-state index contributed by atoms with van der Waals surface area (Å²) in [5.41, 5.74) is 2.17. The van der Waals surface area contributed by atoms with Crippen LogP contribution in [-0.2, 0) is 13.0 Å². The van der Waals surface area contributed by atoms with Crippen LogP contribution in [0.4, 0.5) is 0 Å². The lowest BCUT2D eigenvalue weighted by Crippen LogP contribution is -2.02. The summed E-state index contributed by atoms with van der Waals surface area (Å²) in [4.78, 5) is 0. The first-order valence-corrected chi connectivity index (χ1v) is 5.92. The minimum absolute atomic E-state index is 0.128. The van der Waals surface area contributed by atoms with E-state index in [2.05, 4.69) is 10.3 Å². The van der Waals surface area contributed by atoms with Crippen molar-refractivity contribution < 1.29 is 5.11 Å². The molecule has 0 saturated carbocycles. The Morgan fingerprint density at radius 2 is 1.88 bits per heavy atom. The van der Waals surface area contributed by atoms with E-state index >= 15 is 0 Å². The Labute approximate surface area is 109 Å². The standard InChI is InChI=1S/C11H11Cl2N3O/c1-2-11-10(6-17)14-15-16(11)9-4-7(12)3-8(13)5-9/h3-5,17H,2,6H2,1H3. The third-order valence-corrected chi connectivity index (χ3v) is 2.86. The minimum Gasteiger partial charge on any atom is -0.390 e. The Balaban J connectivity index is 2.55. The molecule has 0 aliphatic rings. The molecular weight excluding hydrogens is 261 g/mol. The average molecular weight is 272 g/mol. The van der Waals surface area contributed by atoms with Crippen molar-refractivity contribution in [2.75, 3.05) is 0 Å². The molecule has 0 aliphatic heterocycles. The number of rotatable bonds is 3. The van der Waals surface area contributed by atoms with Gasteiger partial charge >= 0.3 is 0 Å². The molecule has 4 nitrogen and oxygen atoms in total. The topological polar surface area (TPSA) is 50.9 Å². The third-order valence-electron chi connectivity index (χ3n) is 2.42. The van der Waals surface area contributed by atoms with Crippen molar-refractivity contribution in [1.29, 1.82) is 0 Å². The summed E-state index contributed by atoms with van der Waals surface area (Å²) in [6.07, 6.45) is 0.715. The van der Waals surface area contributed by atoms with Crippen LogP contribution in [0.15, 0.2) is 18.2 Å². The van der Waals surface area contributed by atoms with Crippen LogP contribution >= 0.6 is 23.2 Å². The molecule has 2 rings (SSSR count). The van der Waals surface area contributed by atoms with Gasteiger partial charge < -0.3 is 5.11 Å². The first kappa shape index (κ1) is 12.4. The van der Waals surface area contributed by atoms with Crippen LogP contribution in [0.5, 0.6) is 0 Å². The Bertz CT molecular complexity index is 519. The Kier molecular flexibility index (Phi) is 3.66. The minimum atomic E-state index is -0.128. The van der Waals surface area contributed by atoms with Gasteiger partial charge in [0.2, 0.25) is 0 Å². The zero-order valence-corrected chi connectivity index (χ0v) is 10.7. The first-order valence-electron chi connectivity index (χ1n) is 5.16. The number of hydrogen-bond acceptors (Lipinski definition) is 3. The van der Waals surface area contributed by atoms with Crippen molar-refractivity contribution >= 4 is 23.2 Å². The van der Waals surface area contributed by atoms with E-state index in [0.29, 0.717) is 22.2 Å². The molecule has 0 fully saturated rings. The second kappa shape index (κ2) is 5.04. The Hall–Kier alpha value is -1.10. The third kappa shape index (κ3) is 2.44. The van der Waals surface area contributed by atoms with Crippen LogP contribution in [0, 0.1) is 0 Å². The molecule has 0 radical (unpaired) electrons. The van der Waals surface area contributed by atoms with Crippen molar-refractivity contribution in [3.05, 3.63) is 39.6 Å². The second-order valence-corrected chi connectivity index (χ2v) is 4.41. The van der Waals surface area contributed by atoms with Crippen molar-refractivity contribution in [2.24, 2.45) is 0 Å². The number of halogens is 2. The average Bonchev–Trinajstić information content (AvgIpc) is 2.70. The predicted octanol–water partition coefficient (Wildman–Crippen LogP) is 2.63. The van der Waals surface area contributed by atoms with E-state index in [1.54, 1.807) is 22.9 Å². The van der Waals surface area contributed by atoms with Gasteiger partial charge in [0.05, 0.1) is 18.0 Å². The van der Waals surface area contributed by atoms with E-state index in [0.717, 1.165) is 11.4 Å². The summed E-state index contributed by atoms with van der Waals surface area (Å²) < 4.78 is 1.64. The molecule has 0 aliphatic carbocycles. The van der Waals surface area contributed by atoms with Gasteiger partial charge in [-0.2, -0.15) is 0 Å². The van der Waals surface area contributed by atoms with Crippen molar-refractivity contribution in [1.82, 2.24) is 15.0 Å². The molecule has 1 N–H and O–H groups in total. The van der Waals surface area contributed by atoms with Gasteiger partial charge in [0.15, 0.2) is 0 Å². The van der Waals surface area contributed by atoms with E-state index in [1.165, 1.54) is 0 Å². The fraction of sp³-hybridized carbons (Fsp3) is 0.273. The number of aliphatic hydroxyl groups is 1. The molecule has 0 bridgehead atoms. The van der Waals surface area contributed by atoms with Gasteiger partial charge in [-0.05, 0) is 24.6 Å². The zero-order valence-electron chi connectivity index (χ0n) is 9.19. The number of aliphatic hydroxyl groups excluding tert-OH is 1. The van der Waals surface area contributed by atoms with Gasteiger partial charge in [-0.3, -0.25) is 0 Å². The molecule has 0 saturated heterocycles. The predicted molar refractivity (Wildman–Crippen MR) is 66.7 cm³/mol. The van der Waals surface area contributed by atoms with Gasteiger partial charge in [0.25, 0.3) is 0 Å². The SMILES string of the molecule is CCc1c(CO)nnn1-c1cc(Cl)cc(Cl)c1. The zero-order chi connectivity index (χ0) is 12.4. The van der Waals surface area contributed by atoms with E-state index in [-0.39, 0.29) is 6.61 Å². The highest BCUT2D eigenvalue weighted by Gasteiger charge is 2.12. The van der Waals surface area contributed by atoms with Crippen molar-refractivity contribution in [2.45, 2.75) is 20.0 Å². The molecular formula is C11H11Cl2N3O. The fourth-order valence-corrected chi connectivity index (χ4v) is 2.19. The smallest absolute Gasteiger partial charge is 0.112 e. The summed E-state index contributed by atoms with van der Waals surface area (Å²) in [7, 11) is 0. The highest BCUT2D eigenvalue weighted by atomic mass is 35.5. The maximum atomic E-state index is 9.15. The monoisotopic (exact) mass is 271 g/mol. The lowest BCUT2D eigenvalue weighted by molar-refractivity contribution is 0.275. The van der Waals surface area contributed by atoms with Crippen LogP contribution in [0.3, 0.4) is 0 Å².